The summed E-state index contributed by atoms with van der Waals surface area (Å²) in [6.07, 6.45) is 0.339. The first-order chi connectivity index (χ1) is 13.0. The number of ether oxygens (including phenoxy) is 1. The van der Waals surface area contributed by atoms with Gasteiger partial charge in [-0.25, -0.2) is 0 Å². The molecule has 0 aromatic heterocycles. The quantitative estimate of drug-likeness (QED) is 0.268. The lowest BCUT2D eigenvalue weighted by atomic mass is 9.65. The molecule has 1 rings (SSSR count). The van der Waals surface area contributed by atoms with Gasteiger partial charge < -0.3 is 30.3 Å². The fraction of sp³-hybridized carbons (Fsp3) is 0.818. The Hall–Kier alpha value is -0.760. The van der Waals surface area contributed by atoms with E-state index < -0.39 is 31.0 Å². The van der Waals surface area contributed by atoms with Crippen LogP contribution in [0.15, 0.2) is 22.8 Å². The molecule has 6 nitrogen and oxygen atoms in total. The van der Waals surface area contributed by atoms with E-state index >= 15 is 0 Å². The first kappa shape index (κ1) is 25.3. The van der Waals surface area contributed by atoms with Crippen LogP contribution in [0.25, 0.3) is 0 Å². The van der Waals surface area contributed by atoms with Crippen LogP contribution in [-0.4, -0.2) is 69.8 Å². The third-order valence-electron chi connectivity index (χ3n) is 6.41. The summed E-state index contributed by atoms with van der Waals surface area (Å²) in [4.78, 5) is 0. The Kier molecular flexibility index (Phi) is 10.3. The Balaban J connectivity index is 2.43. The summed E-state index contributed by atoms with van der Waals surface area (Å²) in [7, 11) is 0. The third kappa shape index (κ3) is 6.94. The summed E-state index contributed by atoms with van der Waals surface area (Å²) in [6, 6.07) is 0. The highest BCUT2D eigenvalue weighted by atomic mass is 16.5. The summed E-state index contributed by atoms with van der Waals surface area (Å²) < 4.78 is 5.37. The van der Waals surface area contributed by atoms with Crippen LogP contribution >= 0.6 is 0 Å². The standard InChI is InChI=1S/C22H40O6/c1-14(6-9-17-15(2)7-8-16(3)22(17,4)5)10-11-28-13-19(25)21(27)20(26)18(24)12-23/h10,16,18-21,23-27H,6-9,11-13H2,1-5H3/b14-10+. The molecule has 164 valence electrons. The van der Waals surface area contributed by atoms with Gasteiger partial charge in [-0.3, -0.25) is 0 Å². The highest BCUT2D eigenvalue weighted by Crippen LogP contribution is 2.46. The number of aliphatic hydroxyl groups is 5. The van der Waals surface area contributed by atoms with Crippen molar-refractivity contribution in [1.82, 2.24) is 0 Å². The van der Waals surface area contributed by atoms with Gasteiger partial charge in [0.05, 0.1) is 19.8 Å². The molecule has 6 heteroatoms. The molecule has 0 heterocycles. The van der Waals surface area contributed by atoms with Gasteiger partial charge in [0.25, 0.3) is 0 Å². The number of allylic oxidation sites excluding steroid dienone is 3. The molecule has 0 aromatic carbocycles. The van der Waals surface area contributed by atoms with Crippen LogP contribution in [0.1, 0.15) is 60.3 Å². The van der Waals surface area contributed by atoms with Gasteiger partial charge in [-0.2, -0.15) is 0 Å². The largest absolute Gasteiger partial charge is 0.394 e. The average Bonchev–Trinajstić information content (AvgIpc) is 2.66. The van der Waals surface area contributed by atoms with Crippen molar-refractivity contribution >= 4 is 0 Å². The Bertz CT molecular complexity index is 539. The zero-order chi connectivity index (χ0) is 21.5. The lowest BCUT2D eigenvalue weighted by molar-refractivity contribution is -0.127. The Morgan fingerprint density at radius 2 is 1.79 bits per heavy atom. The van der Waals surface area contributed by atoms with Crippen LogP contribution in [0.4, 0.5) is 0 Å². The summed E-state index contributed by atoms with van der Waals surface area (Å²) in [6.45, 7) is 10.8. The maximum Gasteiger partial charge on any atom is 0.111 e. The molecule has 1 aliphatic carbocycles. The molecule has 0 spiro atoms. The number of aliphatic hydroxyl groups excluding tert-OH is 5. The van der Waals surface area contributed by atoms with E-state index in [2.05, 4.69) is 34.6 Å². The smallest absolute Gasteiger partial charge is 0.111 e. The molecular weight excluding hydrogens is 360 g/mol. The fourth-order valence-electron chi connectivity index (χ4n) is 3.80. The summed E-state index contributed by atoms with van der Waals surface area (Å²) >= 11 is 0. The first-order valence-electron chi connectivity index (χ1n) is 10.3. The predicted octanol–water partition coefficient (Wildman–Crippen LogP) is 1.94. The van der Waals surface area contributed by atoms with Gasteiger partial charge in [0, 0.05) is 0 Å². The second-order valence-electron chi connectivity index (χ2n) is 8.81. The van der Waals surface area contributed by atoms with Gasteiger partial charge in [0.2, 0.25) is 0 Å². The molecule has 0 bridgehead atoms. The van der Waals surface area contributed by atoms with Crippen molar-refractivity contribution in [3.8, 4) is 0 Å². The Morgan fingerprint density at radius 1 is 1.18 bits per heavy atom. The molecule has 0 saturated carbocycles. The number of rotatable bonds is 11. The summed E-state index contributed by atoms with van der Waals surface area (Å²) in [5.74, 6) is 0.687. The van der Waals surface area contributed by atoms with Gasteiger partial charge in [-0.1, -0.05) is 43.6 Å². The van der Waals surface area contributed by atoms with E-state index in [4.69, 9.17) is 9.84 Å². The first-order valence-corrected chi connectivity index (χ1v) is 10.3. The third-order valence-corrected chi connectivity index (χ3v) is 6.41. The molecule has 1 aliphatic rings. The summed E-state index contributed by atoms with van der Waals surface area (Å²) in [5.41, 5.74) is 4.53. The second-order valence-corrected chi connectivity index (χ2v) is 8.81. The molecule has 0 radical (unpaired) electrons. The minimum Gasteiger partial charge on any atom is -0.394 e. The van der Waals surface area contributed by atoms with Crippen molar-refractivity contribution in [2.75, 3.05) is 19.8 Å². The van der Waals surface area contributed by atoms with E-state index in [0.717, 1.165) is 12.8 Å². The molecule has 5 unspecified atom stereocenters. The van der Waals surface area contributed by atoms with Crippen LogP contribution in [0, 0.1) is 11.3 Å². The van der Waals surface area contributed by atoms with Crippen molar-refractivity contribution in [2.45, 2.75) is 84.7 Å². The van der Waals surface area contributed by atoms with Crippen molar-refractivity contribution in [2.24, 2.45) is 11.3 Å². The second kappa shape index (κ2) is 11.4. The SMILES string of the molecule is CC1=C(CC/C(C)=C/COCC(O)C(O)C(O)C(O)CO)C(C)(C)C(C)CC1. The zero-order valence-corrected chi connectivity index (χ0v) is 18.1. The van der Waals surface area contributed by atoms with E-state index in [1.165, 1.54) is 24.0 Å². The summed E-state index contributed by atoms with van der Waals surface area (Å²) in [5, 5.41) is 47.2. The van der Waals surface area contributed by atoms with E-state index in [9.17, 15) is 20.4 Å². The van der Waals surface area contributed by atoms with Crippen LogP contribution in [0.3, 0.4) is 0 Å². The molecule has 5 N–H and O–H groups in total. The van der Waals surface area contributed by atoms with Gasteiger partial charge in [0.1, 0.15) is 24.4 Å². The van der Waals surface area contributed by atoms with E-state index in [-0.39, 0.29) is 12.0 Å². The molecular formula is C22H40O6. The fourth-order valence-corrected chi connectivity index (χ4v) is 3.80. The number of hydrogen-bond donors (Lipinski definition) is 5. The van der Waals surface area contributed by atoms with E-state index in [0.29, 0.717) is 12.5 Å². The highest BCUT2D eigenvalue weighted by molar-refractivity contribution is 5.24. The Morgan fingerprint density at radius 3 is 2.39 bits per heavy atom. The Labute approximate surface area is 169 Å². The lowest BCUT2D eigenvalue weighted by Gasteiger charge is -2.40. The van der Waals surface area contributed by atoms with Gasteiger partial charge in [0.15, 0.2) is 0 Å². The molecule has 0 aromatic rings. The molecule has 0 fully saturated rings. The maximum absolute atomic E-state index is 9.83. The average molecular weight is 401 g/mol. The number of hydrogen-bond acceptors (Lipinski definition) is 6. The molecule has 0 aliphatic heterocycles. The van der Waals surface area contributed by atoms with Crippen molar-refractivity contribution in [3.05, 3.63) is 22.8 Å². The van der Waals surface area contributed by atoms with E-state index in [1.807, 2.05) is 6.08 Å². The molecule has 0 saturated heterocycles. The highest BCUT2D eigenvalue weighted by Gasteiger charge is 2.34. The molecule has 28 heavy (non-hydrogen) atoms. The van der Waals surface area contributed by atoms with Crippen molar-refractivity contribution < 1.29 is 30.3 Å². The maximum atomic E-state index is 9.83. The zero-order valence-electron chi connectivity index (χ0n) is 18.1. The van der Waals surface area contributed by atoms with Crippen LogP contribution < -0.4 is 0 Å². The minimum atomic E-state index is -1.63. The van der Waals surface area contributed by atoms with E-state index in [1.54, 1.807) is 5.57 Å². The molecule has 0 amide bonds. The topological polar surface area (TPSA) is 110 Å². The monoisotopic (exact) mass is 400 g/mol. The van der Waals surface area contributed by atoms with Gasteiger partial charge in [-0.15, -0.1) is 0 Å². The van der Waals surface area contributed by atoms with Gasteiger partial charge >= 0.3 is 0 Å². The lowest BCUT2D eigenvalue weighted by Crippen LogP contribution is -2.47. The van der Waals surface area contributed by atoms with Crippen LogP contribution in [0.2, 0.25) is 0 Å². The predicted molar refractivity (Wildman–Crippen MR) is 110 cm³/mol. The van der Waals surface area contributed by atoms with Crippen molar-refractivity contribution in [3.63, 3.8) is 0 Å². The normalized spacial score (nSPS) is 24.8. The molecule has 5 atom stereocenters. The van der Waals surface area contributed by atoms with Crippen LogP contribution in [-0.2, 0) is 4.74 Å². The van der Waals surface area contributed by atoms with Crippen molar-refractivity contribution in [1.29, 1.82) is 0 Å². The van der Waals surface area contributed by atoms with Gasteiger partial charge in [-0.05, 0) is 50.9 Å². The minimum absolute atomic E-state index is 0.172. The van der Waals surface area contributed by atoms with Crippen LogP contribution in [0.5, 0.6) is 0 Å².